The maximum Gasteiger partial charge on any atom is 0.269 e. The first kappa shape index (κ1) is 10.8. The van der Waals surface area contributed by atoms with Crippen molar-refractivity contribution in [2.45, 2.75) is 6.92 Å². The lowest BCUT2D eigenvalue weighted by Gasteiger charge is -1.91. The number of nitro groups is 1. The van der Waals surface area contributed by atoms with Crippen molar-refractivity contribution in [3.05, 3.63) is 39.9 Å². The van der Waals surface area contributed by atoms with E-state index in [2.05, 4.69) is 10.2 Å². The highest BCUT2D eigenvalue weighted by molar-refractivity contribution is 5.82. The van der Waals surface area contributed by atoms with Gasteiger partial charge in [-0.05, 0) is 24.6 Å². The Labute approximate surface area is 86.3 Å². The summed E-state index contributed by atoms with van der Waals surface area (Å²) in [6, 6.07) is 5.98. The maximum atomic E-state index is 10.3. The number of rotatable bonds is 3. The first-order valence-corrected chi connectivity index (χ1v) is 4.17. The Kier molecular flexibility index (Phi) is 3.50. The molecule has 0 spiro atoms. The van der Waals surface area contributed by atoms with Crippen LogP contribution in [-0.2, 0) is 0 Å². The molecule has 1 rings (SSSR count). The van der Waals surface area contributed by atoms with Crippen LogP contribution in [-0.4, -0.2) is 17.0 Å². The zero-order chi connectivity index (χ0) is 11.3. The van der Waals surface area contributed by atoms with E-state index in [1.807, 2.05) is 0 Å². The lowest BCUT2D eigenvalue weighted by atomic mass is 10.2. The van der Waals surface area contributed by atoms with Crippen LogP contribution in [0.15, 0.2) is 34.5 Å². The summed E-state index contributed by atoms with van der Waals surface area (Å²) in [5, 5.41) is 17.6. The molecule has 15 heavy (non-hydrogen) atoms. The summed E-state index contributed by atoms with van der Waals surface area (Å²) >= 11 is 0. The lowest BCUT2D eigenvalue weighted by Crippen LogP contribution is -2.03. The number of benzene rings is 1. The molecule has 0 radical (unpaired) electrons. The molecule has 0 unspecified atom stereocenters. The standard InChI is InChI=1S/C9H10N4O2/c1-7(10)12-11-6-8-2-4-9(5-3-8)13(14)15/h2-6H,1H3,(H2,10,12)/b11-6+. The lowest BCUT2D eigenvalue weighted by molar-refractivity contribution is -0.384. The summed E-state index contributed by atoms with van der Waals surface area (Å²) in [4.78, 5) is 9.89. The molecule has 78 valence electrons. The molecule has 1 aromatic carbocycles. The Hall–Kier alpha value is -2.24. The molecule has 6 nitrogen and oxygen atoms in total. The number of nitrogens with zero attached hydrogens (tertiary/aromatic N) is 3. The molecule has 0 bridgehead atoms. The molecule has 0 aliphatic carbocycles. The second kappa shape index (κ2) is 4.85. The predicted octanol–water partition coefficient (Wildman–Crippen LogP) is 1.31. The van der Waals surface area contributed by atoms with Crippen molar-refractivity contribution < 1.29 is 4.92 Å². The van der Waals surface area contributed by atoms with E-state index in [-0.39, 0.29) is 5.69 Å². The van der Waals surface area contributed by atoms with Gasteiger partial charge in [0.05, 0.1) is 11.1 Å². The highest BCUT2D eigenvalue weighted by Crippen LogP contribution is 2.10. The molecular weight excluding hydrogens is 196 g/mol. The summed E-state index contributed by atoms with van der Waals surface area (Å²) in [7, 11) is 0. The highest BCUT2D eigenvalue weighted by atomic mass is 16.6. The van der Waals surface area contributed by atoms with Gasteiger partial charge in [0.25, 0.3) is 5.69 Å². The number of nitro benzene ring substituents is 1. The largest absolute Gasteiger partial charge is 0.386 e. The zero-order valence-electron chi connectivity index (χ0n) is 8.12. The van der Waals surface area contributed by atoms with Gasteiger partial charge >= 0.3 is 0 Å². The smallest absolute Gasteiger partial charge is 0.269 e. The van der Waals surface area contributed by atoms with Crippen molar-refractivity contribution in [1.29, 1.82) is 0 Å². The van der Waals surface area contributed by atoms with Crippen LogP contribution in [0.1, 0.15) is 12.5 Å². The Morgan fingerprint density at radius 3 is 2.53 bits per heavy atom. The van der Waals surface area contributed by atoms with Gasteiger partial charge in [-0.1, -0.05) is 0 Å². The molecule has 0 saturated heterocycles. The van der Waals surface area contributed by atoms with Gasteiger partial charge in [0, 0.05) is 12.1 Å². The van der Waals surface area contributed by atoms with Gasteiger partial charge in [0.15, 0.2) is 0 Å². The van der Waals surface area contributed by atoms with Crippen LogP contribution in [0, 0.1) is 10.1 Å². The van der Waals surface area contributed by atoms with E-state index in [1.54, 1.807) is 19.1 Å². The van der Waals surface area contributed by atoms with Crippen LogP contribution in [0.2, 0.25) is 0 Å². The number of amidine groups is 1. The Morgan fingerprint density at radius 1 is 1.47 bits per heavy atom. The van der Waals surface area contributed by atoms with Crippen molar-refractivity contribution in [2.24, 2.45) is 15.9 Å². The van der Waals surface area contributed by atoms with E-state index in [4.69, 9.17) is 5.73 Å². The minimum Gasteiger partial charge on any atom is -0.386 e. The van der Waals surface area contributed by atoms with E-state index < -0.39 is 4.92 Å². The van der Waals surface area contributed by atoms with Crippen molar-refractivity contribution in [3.8, 4) is 0 Å². The average molecular weight is 206 g/mol. The van der Waals surface area contributed by atoms with Crippen molar-refractivity contribution in [2.75, 3.05) is 0 Å². The van der Waals surface area contributed by atoms with Gasteiger partial charge in [0.2, 0.25) is 0 Å². The third kappa shape index (κ3) is 3.55. The number of hydrogen-bond acceptors (Lipinski definition) is 4. The minimum absolute atomic E-state index is 0.0469. The molecule has 0 aliphatic heterocycles. The second-order valence-electron chi connectivity index (χ2n) is 2.83. The molecule has 0 saturated carbocycles. The Bertz CT molecular complexity index is 405. The predicted molar refractivity (Wildman–Crippen MR) is 58.0 cm³/mol. The van der Waals surface area contributed by atoms with Crippen LogP contribution < -0.4 is 5.73 Å². The summed E-state index contributed by atoms with van der Waals surface area (Å²) in [6.07, 6.45) is 1.47. The molecular formula is C9H10N4O2. The van der Waals surface area contributed by atoms with Crippen LogP contribution in [0.3, 0.4) is 0 Å². The van der Waals surface area contributed by atoms with E-state index in [1.165, 1.54) is 18.3 Å². The van der Waals surface area contributed by atoms with Crippen LogP contribution in [0.4, 0.5) is 5.69 Å². The summed E-state index contributed by atoms with van der Waals surface area (Å²) in [5.41, 5.74) is 6.04. The third-order valence-electron chi connectivity index (χ3n) is 1.53. The molecule has 0 atom stereocenters. The second-order valence-corrected chi connectivity index (χ2v) is 2.83. The topological polar surface area (TPSA) is 93.9 Å². The number of nitrogens with two attached hydrogens (primary N) is 1. The monoisotopic (exact) mass is 206 g/mol. The molecule has 6 heteroatoms. The highest BCUT2D eigenvalue weighted by Gasteiger charge is 2.02. The fraction of sp³-hybridized carbons (Fsp3) is 0.111. The Balaban J connectivity index is 2.77. The first-order valence-electron chi connectivity index (χ1n) is 4.17. The van der Waals surface area contributed by atoms with Gasteiger partial charge in [0.1, 0.15) is 5.84 Å². The summed E-state index contributed by atoms with van der Waals surface area (Å²) in [6.45, 7) is 1.62. The molecule has 0 fully saturated rings. The van der Waals surface area contributed by atoms with Gasteiger partial charge in [-0.2, -0.15) is 5.10 Å². The molecule has 0 aliphatic rings. The number of non-ortho nitro benzene ring substituents is 1. The van der Waals surface area contributed by atoms with Gasteiger partial charge in [-0.3, -0.25) is 10.1 Å². The fourth-order valence-electron chi connectivity index (χ4n) is 0.869. The van der Waals surface area contributed by atoms with Crippen LogP contribution in [0.25, 0.3) is 0 Å². The molecule has 0 amide bonds. The molecule has 1 aromatic rings. The van der Waals surface area contributed by atoms with Gasteiger partial charge < -0.3 is 5.73 Å². The van der Waals surface area contributed by atoms with Crippen LogP contribution >= 0.6 is 0 Å². The van der Waals surface area contributed by atoms with E-state index in [0.29, 0.717) is 5.84 Å². The van der Waals surface area contributed by atoms with Crippen molar-refractivity contribution in [1.82, 2.24) is 0 Å². The quantitative estimate of drug-likeness (QED) is 0.349. The first-order chi connectivity index (χ1) is 7.09. The molecule has 0 heterocycles. The Morgan fingerprint density at radius 2 is 2.07 bits per heavy atom. The SMILES string of the molecule is C/C(N)=N/N=C/c1ccc([N+](=O)[O-])cc1. The van der Waals surface area contributed by atoms with Crippen LogP contribution in [0.5, 0.6) is 0 Å². The van der Waals surface area contributed by atoms with E-state index >= 15 is 0 Å². The summed E-state index contributed by atoms with van der Waals surface area (Å²) < 4.78 is 0. The molecule has 0 aromatic heterocycles. The average Bonchev–Trinajstić information content (AvgIpc) is 2.18. The van der Waals surface area contributed by atoms with E-state index in [9.17, 15) is 10.1 Å². The van der Waals surface area contributed by atoms with E-state index in [0.717, 1.165) is 5.56 Å². The van der Waals surface area contributed by atoms with Gasteiger partial charge in [-0.25, -0.2) is 0 Å². The maximum absolute atomic E-state index is 10.3. The normalized spacial score (nSPS) is 11.9. The van der Waals surface area contributed by atoms with Crippen molar-refractivity contribution in [3.63, 3.8) is 0 Å². The fourth-order valence-corrected chi connectivity index (χ4v) is 0.869. The zero-order valence-corrected chi connectivity index (χ0v) is 8.12. The third-order valence-corrected chi connectivity index (χ3v) is 1.53. The minimum atomic E-state index is -0.455. The van der Waals surface area contributed by atoms with Gasteiger partial charge in [-0.15, -0.1) is 5.10 Å². The van der Waals surface area contributed by atoms with Crippen molar-refractivity contribution >= 4 is 17.7 Å². The summed E-state index contributed by atoms with van der Waals surface area (Å²) in [5.74, 6) is 0.355. The molecule has 2 N–H and O–H groups in total. The number of hydrogen-bond donors (Lipinski definition) is 1.